The third-order valence-electron chi connectivity index (χ3n) is 3.87. The van der Waals surface area contributed by atoms with Gasteiger partial charge in [0, 0.05) is 6.04 Å². The minimum Gasteiger partial charge on any atom is -0.301 e. The first kappa shape index (κ1) is 13.6. The molecule has 0 amide bonds. The second kappa shape index (κ2) is 6.97. The Morgan fingerprint density at radius 3 is 2.69 bits per heavy atom. The van der Waals surface area contributed by atoms with E-state index in [9.17, 15) is 0 Å². The van der Waals surface area contributed by atoms with Crippen LogP contribution in [0, 0.1) is 24.2 Å². The van der Waals surface area contributed by atoms with Crippen LogP contribution in [0.15, 0.2) is 0 Å². The Balaban J connectivity index is 2.39. The second-order valence-corrected chi connectivity index (χ2v) is 5.54. The van der Waals surface area contributed by atoms with E-state index in [1.54, 1.807) is 0 Å². The summed E-state index contributed by atoms with van der Waals surface area (Å²) in [5, 5.41) is 3.66. The first-order valence-corrected chi connectivity index (χ1v) is 6.89. The van der Waals surface area contributed by atoms with Gasteiger partial charge in [-0.25, -0.2) is 0 Å². The Bertz CT molecular complexity index is 226. The maximum absolute atomic E-state index is 5.56. The van der Waals surface area contributed by atoms with Crippen molar-refractivity contribution in [2.75, 3.05) is 0 Å². The lowest BCUT2D eigenvalue weighted by Crippen LogP contribution is -2.41. The molecule has 0 aromatic rings. The molecule has 92 valence electrons. The Hall–Kier alpha value is -0.480. The van der Waals surface area contributed by atoms with Gasteiger partial charge < -0.3 is 5.32 Å². The van der Waals surface area contributed by atoms with E-state index in [0.29, 0.717) is 12.1 Å². The van der Waals surface area contributed by atoms with E-state index in [4.69, 9.17) is 6.42 Å². The Morgan fingerprint density at radius 1 is 1.38 bits per heavy atom. The Labute approximate surface area is 101 Å². The van der Waals surface area contributed by atoms with Crippen molar-refractivity contribution in [1.29, 1.82) is 0 Å². The first-order chi connectivity index (χ1) is 7.67. The molecule has 0 aromatic carbocycles. The zero-order chi connectivity index (χ0) is 12.0. The lowest BCUT2D eigenvalue weighted by molar-refractivity contribution is 0.225. The molecule has 0 radical (unpaired) electrons. The fourth-order valence-corrected chi connectivity index (χ4v) is 2.77. The van der Waals surface area contributed by atoms with Crippen molar-refractivity contribution >= 4 is 0 Å². The normalized spacial score (nSPS) is 27.7. The third kappa shape index (κ3) is 4.18. The molecule has 1 N–H and O–H groups in total. The van der Waals surface area contributed by atoms with Crippen molar-refractivity contribution in [2.45, 2.75) is 71.4 Å². The monoisotopic (exact) mass is 221 g/mol. The van der Waals surface area contributed by atoms with E-state index in [0.717, 1.165) is 18.3 Å². The molecule has 0 aliphatic heterocycles. The van der Waals surface area contributed by atoms with E-state index < -0.39 is 0 Å². The minimum atomic E-state index is 0.293. The van der Waals surface area contributed by atoms with Gasteiger partial charge in [-0.3, -0.25) is 0 Å². The average molecular weight is 221 g/mol. The molecular weight excluding hydrogens is 194 g/mol. The highest BCUT2D eigenvalue weighted by Gasteiger charge is 2.24. The van der Waals surface area contributed by atoms with Crippen LogP contribution in [0.5, 0.6) is 0 Å². The van der Waals surface area contributed by atoms with Crippen LogP contribution in [-0.2, 0) is 0 Å². The van der Waals surface area contributed by atoms with Crippen molar-refractivity contribution in [2.24, 2.45) is 11.8 Å². The van der Waals surface area contributed by atoms with Crippen molar-refractivity contribution in [3.63, 3.8) is 0 Å². The van der Waals surface area contributed by atoms with Crippen LogP contribution in [-0.4, -0.2) is 12.1 Å². The average Bonchev–Trinajstić information content (AvgIpc) is 2.29. The van der Waals surface area contributed by atoms with E-state index >= 15 is 0 Å². The van der Waals surface area contributed by atoms with Crippen LogP contribution in [0.2, 0.25) is 0 Å². The number of hydrogen-bond acceptors (Lipinski definition) is 1. The molecule has 1 heteroatoms. The summed E-state index contributed by atoms with van der Waals surface area (Å²) in [5.74, 6) is 4.60. The largest absolute Gasteiger partial charge is 0.301 e. The topological polar surface area (TPSA) is 12.0 Å². The summed E-state index contributed by atoms with van der Waals surface area (Å²) in [5.41, 5.74) is 0. The van der Waals surface area contributed by atoms with Gasteiger partial charge in [0.05, 0.1) is 6.04 Å². The summed E-state index contributed by atoms with van der Waals surface area (Å²) in [4.78, 5) is 0. The van der Waals surface area contributed by atoms with Gasteiger partial charge in [0.25, 0.3) is 0 Å². The third-order valence-corrected chi connectivity index (χ3v) is 3.87. The maximum atomic E-state index is 5.56. The molecule has 0 bridgehead atoms. The Morgan fingerprint density at radius 2 is 2.12 bits per heavy atom. The van der Waals surface area contributed by atoms with Crippen LogP contribution >= 0.6 is 0 Å². The number of nitrogens with one attached hydrogen (secondary N) is 1. The molecule has 1 aliphatic rings. The summed E-state index contributed by atoms with van der Waals surface area (Å²) in [6.45, 7) is 6.89. The van der Waals surface area contributed by atoms with Gasteiger partial charge in [-0.1, -0.05) is 46.0 Å². The molecule has 0 heterocycles. The smallest absolute Gasteiger partial charge is 0.0688 e. The lowest BCUT2D eigenvalue weighted by atomic mass is 9.79. The first-order valence-electron chi connectivity index (χ1n) is 6.89. The van der Waals surface area contributed by atoms with Gasteiger partial charge in [-0.2, -0.15) is 0 Å². The molecule has 0 spiro atoms. The molecule has 1 nitrogen and oxygen atoms in total. The standard InChI is InChI=1S/C15H27N/c1-5-8-14(6-2)16-15-10-7-9-13(11-15)12(3)4/h2,12-16H,5,7-11H2,1,3-4H3. The van der Waals surface area contributed by atoms with Crippen LogP contribution in [0.3, 0.4) is 0 Å². The summed E-state index contributed by atoms with van der Waals surface area (Å²) in [7, 11) is 0. The van der Waals surface area contributed by atoms with Gasteiger partial charge in [0.2, 0.25) is 0 Å². The van der Waals surface area contributed by atoms with Crippen molar-refractivity contribution in [1.82, 2.24) is 5.32 Å². The fraction of sp³-hybridized carbons (Fsp3) is 0.867. The maximum Gasteiger partial charge on any atom is 0.0688 e. The van der Waals surface area contributed by atoms with Gasteiger partial charge in [-0.05, 0) is 31.1 Å². The van der Waals surface area contributed by atoms with Gasteiger partial charge >= 0.3 is 0 Å². The molecule has 1 saturated carbocycles. The molecule has 1 fully saturated rings. The second-order valence-electron chi connectivity index (χ2n) is 5.54. The predicted octanol–water partition coefficient (Wildman–Crippen LogP) is 3.59. The van der Waals surface area contributed by atoms with Crippen molar-refractivity contribution in [3.8, 4) is 12.3 Å². The molecular formula is C15H27N. The van der Waals surface area contributed by atoms with E-state index in [1.807, 2.05) is 0 Å². The summed E-state index contributed by atoms with van der Waals surface area (Å²) in [6, 6.07) is 0.953. The predicted molar refractivity (Wildman–Crippen MR) is 71.2 cm³/mol. The van der Waals surface area contributed by atoms with E-state index in [2.05, 4.69) is 32.0 Å². The Kier molecular flexibility index (Phi) is 5.91. The highest BCUT2D eigenvalue weighted by Crippen LogP contribution is 2.30. The number of hydrogen-bond donors (Lipinski definition) is 1. The van der Waals surface area contributed by atoms with Crippen LogP contribution < -0.4 is 5.32 Å². The van der Waals surface area contributed by atoms with E-state index in [1.165, 1.54) is 32.1 Å². The van der Waals surface area contributed by atoms with Gasteiger partial charge in [-0.15, -0.1) is 6.42 Å². The van der Waals surface area contributed by atoms with Crippen molar-refractivity contribution in [3.05, 3.63) is 0 Å². The highest BCUT2D eigenvalue weighted by molar-refractivity contribution is 5.00. The van der Waals surface area contributed by atoms with E-state index in [-0.39, 0.29) is 0 Å². The zero-order valence-corrected chi connectivity index (χ0v) is 11.1. The SMILES string of the molecule is C#CC(CCC)NC1CCCC(C(C)C)C1. The zero-order valence-electron chi connectivity index (χ0n) is 11.1. The summed E-state index contributed by atoms with van der Waals surface area (Å²) < 4.78 is 0. The van der Waals surface area contributed by atoms with Crippen LogP contribution in [0.4, 0.5) is 0 Å². The molecule has 3 unspecified atom stereocenters. The minimum absolute atomic E-state index is 0.293. The summed E-state index contributed by atoms with van der Waals surface area (Å²) in [6.07, 6.45) is 13.2. The van der Waals surface area contributed by atoms with Crippen LogP contribution in [0.25, 0.3) is 0 Å². The number of terminal acetylenes is 1. The highest BCUT2D eigenvalue weighted by atomic mass is 14.9. The quantitative estimate of drug-likeness (QED) is 0.700. The van der Waals surface area contributed by atoms with Gasteiger partial charge in [0.15, 0.2) is 0 Å². The molecule has 0 aromatic heterocycles. The molecule has 1 aliphatic carbocycles. The molecule has 16 heavy (non-hydrogen) atoms. The number of rotatable bonds is 5. The molecule has 3 atom stereocenters. The van der Waals surface area contributed by atoms with Crippen LogP contribution in [0.1, 0.15) is 59.3 Å². The van der Waals surface area contributed by atoms with Gasteiger partial charge in [0.1, 0.15) is 0 Å². The molecule has 0 saturated heterocycles. The fourth-order valence-electron chi connectivity index (χ4n) is 2.77. The lowest BCUT2D eigenvalue weighted by Gasteiger charge is -2.33. The van der Waals surface area contributed by atoms with Crippen molar-refractivity contribution < 1.29 is 0 Å². The molecule has 1 rings (SSSR count). The summed E-state index contributed by atoms with van der Waals surface area (Å²) >= 11 is 0.